The molecule has 7 heteroatoms. The van der Waals surface area contributed by atoms with Crippen LogP contribution in [0.25, 0.3) is 5.69 Å². The lowest BCUT2D eigenvalue weighted by Crippen LogP contribution is -2.38. The van der Waals surface area contributed by atoms with Crippen LogP contribution in [0.4, 0.5) is 5.82 Å². The molecule has 0 bridgehead atoms. The van der Waals surface area contributed by atoms with E-state index in [1.807, 2.05) is 55.5 Å². The first-order valence-electron chi connectivity index (χ1n) is 11.7. The van der Waals surface area contributed by atoms with E-state index in [1.54, 1.807) is 15.6 Å². The highest BCUT2D eigenvalue weighted by Crippen LogP contribution is 2.29. The molecule has 1 aromatic heterocycles. The minimum Gasteiger partial charge on any atom is -0.329 e. The second-order valence-electron chi connectivity index (χ2n) is 9.35. The molecule has 3 aromatic rings. The lowest BCUT2D eigenvalue weighted by molar-refractivity contribution is -0.116. The van der Waals surface area contributed by atoms with Crippen LogP contribution in [-0.4, -0.2) is 39.6 Å². The molecule has 0 spiro atoms. The number of carbonyl (C=O) groups is 2. The van der Waals surface area contributed by atoms with Crippen molar-refractivity contribution >= 4 is 29.2 Å². The molecule has 1 N–H and O–H groups in total. The first-order chi connectivity index (χ1) is 16.1. The fourth-order valence-electron chi connectivity index (χ4n) is 3.59. The first kappa shape index (κ1) is 25.5. The summed E-state index contributed by atoms with van der Waals surface area (Å²) in [5, 5.41) is 8.20. The summed E-state index contributed by atoms with van der Waals surface area (Å²) >= 11 is 6.42. The third kappa shape index (κ3) is 6.06. The summed E-state index contributed by atoms with van der Waals surface area (Å²) in [4.78, 5) is 27.8. The average molecular weight is 481 g/mol. The number of aromatic nitrogens is 2. The minimum absolute atomic E-state index is 0.0548. The zero-order valence-electron chi connectivity index (χ0n) is 20.6. The number of amides is 2. The summed E-state index contributed by atoms with van der Waals surface area (Å²) < 4.78 is 1.65. The van der Waals surface area contributed by atoms with Gasteiger partial charge in [0.05, 0.1) is 16.4 Å². The van der Waals surface area contributed by atoms with Gasteiger partial charge in [-0.05, 0) is 42.7 Å². The van der Waals surface area contributed by atoms with Gasteiger partial charge in [0.15, 0.2) is 0 Å². The zero-order chi connectivity index (χ0) is 24.9. The standard InChI is InChI=1S/C27H33ClN4O2/c1-6-16-31(26(34)20-14-12-19(7-2)13-15-20)18-25(33)29-24-17-23(27(3,4)5)30-32(24)22-11-9-8-10-21(22)28/h8-15,17H,6-7,16,18H2,1-5H3,(H,29,33). The van der Waals surface area contributed by atoms with Crippen LogP contribution in [0.1, 0.15) is 62.7 Å². The second-order valence-corrected chi connectivity index (χ2v) is 9.76. The van der Waals surface area contributed by atoms with E-state index in [2.05, 4.69) is 33.0 Å². The van der Waals surface area contributed by atoms with E-state index in [9.17, 15) is 9.59 Å². The molecule has 2 amide bonds. The number of para-hydroxylation sites is 1. The van der Waals surface area contributed by atoms with Gasteiger partial charge in [-0.3, -0.25) is 9.59 Å². The summed E-state index contributed by atoms with van der Waals surface area (Å²) in [7, 11) is 0. The highest BCUT2D eigenvalue weighted by molar-refractivity contribution is 6.32. The van der Waals surface area contributed by atoms with Gasteiger partial charge in [-0.1, -0.05) is 70.5 Å². The number of aryl methyl sites for hydroxylation is 1. The highest BCUT2D eigenvalue weighted by Gasteiger charge is 2.24. The van der Waals surface area contributed by atoms with Crippen LogP contribution >= 0.6 is 11.6 Å². The lowest BCUT2D eigenvalue weighted by atomic mass is 9.92. The molecule has 6 nitrogen and oxygen atoms in total. The minimum atomic E-state index is -0.291. The van der Waals surface area contributed by atoms with Crippen LogP contribution < -0.4 is 5.32 Å². The summed E-state index contributed by atoms with van der Waals surface area (Å²) in [6, 6.07) is 16.8. The topological polar surface area (TPSA) is 67.2 Å². The first-order valence-corrected chi connectivity index (χ1v) is 12.0. The Kier molecular flexibility index (Phi) is 8.15. The Hall–Kier alpha value is -3.12. The third-order valence-electron chi connectivity index (χ3n) is 5.55. The van der Waals surface area contributed by atoms with Crippen LogP contribution in [0.5, 0.6) is 0 Å². The Labute approximate surface area is 206 Å². The number of benzene rings is 2. The maximum absolute atomic E-state index is 13.1. The number of hydrogen-bond donors (Lipinski definition) is 1. The fourth-order valence-corrected chi connectivity index (χ4v) is 3.80. The van der Waals surface area contributed by atoms with E-state index < -0.39 is 0 Å². The number of halogens is 1. The van der Waals surface area contributed by atoms with Crippen molar-refractivity contribution in [2.24, 2.45) is 0 Å². The Bertz CT molecular complexity index is 1150. The van der Waals surface area contributed by atoms with E-state index in [4.69, 9.17) is 16.7 Å². The zero-order valence-corrected chi connectivity index (χ0v) is 21.3. The van der Waals surface area contributed by atoms with Crippen LogP contribution in [0, 0.1) is 0 Å². The molecule has 0 saturated heterocycles. The number of hydrogen-bond acceptors (Lipinski definition) is 3. The SMILES string of the molecule is CCCN(CC(=O)Nc1cc(C(C)(C)C)nn1-c1ccccc1Cl)C(=O)c1ccc(CC)cc1. The van der Waals surface area contributed by atoms with Crippen LogP contribution in [0.15, 0.2) is 54.6 Å². The Morgan fingerprint density at radius 3 is 2.32 bits per heavy atom. The van der Waals surface area contributed by atoms with Crippen LogP contribution in [0.3, 0.4) is 0 Å². The van der Waals surface area contributed by atoms with Crippen molar-refractivity contribution in [2.45, 2.75) is 52.9 Å². The number of anilines is 1. The van der Waals surface area contributed by atoms with Gasteiger partial charge in [0.1, 0.15) is 12.4 Å². The maximum Gasteiger partial charge on any atom is 0.254 e. The normalized spacial score (nSPS) is 11.4. The molecule has 34 heavy (non-hydrogen) atoms. The quantitative estimate of drug-likeness (QED) is 0.438. The third-order valence-corrected chi connectivity index (χ3v) is 5.87. The van der Waals surface area contributed by atoms with Gasteiger partial charge in [-0.2, -0.15) is 5.10 Å². The Morgan fingerprint density at radius 2 is 1.74 bits per heavy atom. The van der Waals surface area contributed by atoms with Gasteiger partial charge in [0, 0.05) is 23.6 Å². The van der Waals surface area contributed by atoms with Crippen molar-refractivity contribution < 1.29 is 9.59 Å². The van der Waals surface area contributed by atoms with E-state index in [1.165, 1.54) is 5.56 Å². The lowest BCUT2D eigenvalue weighted by Gasteiger charge is -2.22. The van der Waals surface area contributed by atoms with Crippen molar-refractivity contribution in [2.75, 3.05) is 18.4 Å². The van der Waals surface area contributed by atoms with Gasteiger partial charge >= 0.3 is 0 Å². The summed E-state index contributed by atoms with van der Waals surface area (Å²) in [6.45, 7) is 10.7. The molecular weight excluding hydrogens is 448 g/mol. The van der Waals surface area contributed by atoms with Gasteiger partial charge in [0.2, 0.25) is 5.91 Å². The summed E-state index contributed by atoms with van der Waals surface area (Å²) in [5.41, 5.74) is 3.02. The van der Waals surface area contributed by atoms with Crippen molar-refractivity contribution in [3.63, 3.8) is 0 Å². The van der Waals surface area contributed by atoms with Gasteiger partial charge in [0.25, 0.3) is 5.91 Å². The molecule has 0 fully saturated rings. The monoisotopic (exact) mass is 480 g/mol. The van der Waals surface area contributed by atoms with Gasteiger partial charge in [-0.25, -0.2) is 4.68 Å². The van der Waals surface area contributed by atoms with Crippen molar-refractivity contribution in [1.29, 1.82) is 0 Å². The van der Waals surface area contributed by atoms with Crippen molar-refractivity contribution in [3.8, 4) is 5.69 Å². The highest BCUT2D eigenvalue weighted by atomic mass is 35.5. The summed E-state index contributed by atoms with van der Waals surface area (Å²) in [5.74, 6) is 0.0644. The summed E-state index contributed by atoms with van der Waals surface area (Å²) in [6.07, 6.45) is 1.66. The average Bonchev–Trinajstić information content (AvgIpc) is 3.22. The fraction of sp³-hybridized carbons (Fsp3) is 0.370. The van der Waals surface area contributed by atoms with Crippen molar-refractivity contribution in [3.05, 3.63) is 76.4 Å². The van der Waals surface area contributed by atoms with Gasteiger partial charge < -0.3 is 10.2 Å². The Balaban J connectivity index is 1.85. The van der Waals surface area contributed by atoms with Crippen LogP contribution in [-0.2, 0) is 16.6 Å². The molecule has 3 rings (SSSR count). The molecule has 0 unspecified atom stereocenters. The van der Waals surface area contributed by atoms with Gasteiger partial charge in [-0.15, -0.1) is 0 Å². The van der Waals surface area contributed by atoms with E-state index in [0.717, 1.165) is 18.5 Å². The second kappa shape index (κ2) is 10.9. The Morgan fingerprint density at radius 1 is 1.06 bits per heavy atom. The molecule has 0 atom stereocenters. The number of nitrogens with one attached hydrogen (secondary N) is 1. The maximum atomic E-state index is 13.1. The number of carbonyl (C=O) groups excluding carboxylic acids is 2. The molecule has 180 valence electrons. The molecular formula is C27H33ClN4O2. The number of nitrogens with zero attached hydrogens (tertiary/aromatic N) is 3. The van der Waals surface area contributed by atoms with Crippen molar-refractivity contribution in [1.82, 2.24) is 14.7 Å². The van der Waals surface area contributed by atoms with Crippen LogP contribution in [0.2, 0.25) is 5.02 Å². The molecule has 1 heterocycles. The number of rotatable bonds is 8. The van der Waals surface area contributed by atoms with E-state index in [0.29, 0.717) is 28.6 Å². The molecule has 0 aliphatic carbocycles. The smallest absolute Gasteiger partial charge is 0.254 e. The molecule has 0 aliphatic rings. The largest absolute Gasteiger partial charge is 0.329 e. The molecule has 0 aliphatic heterocycles. The molecule has 0 saturated carbocycles. The van der Waals surface area contributed by atoms with E-state index in [-0.39, 0.29) is 23.8 Å². The predicted molar refractivity (Wildman–Crippen MR) is 138 cm³/mol. The molecule has 2 aromatic carbocycles. The predicted octanol–water partition coefficient (Wildman–Crippen LogP) is 5.88. The molecule has 0 radical (unpaired) electrons. The van der Waals surface area contributed by atoms with E-state index >= 15 is 0 Å².